The average molecular weight is 373 g/mol. The van der Waals surface area contributed by atoms with E-state index in [1.807, 2.05) is 22.7 Å². The minimum atomic E-state index is -0.152. The lowest BCUT2D eigenvalue weighted by Crippen LogP contribution is -2.50. The van der Waals surface area contributed by atoms with E-state index in [4.69, 9.17) is 0 Å². The van der Waals surface area contributed by atoms with E-state index >= 15 is 0 Å². The fraction of sp³-hybridized carbons (Fsp3) is 0.684. The van der Waals surface area contributed by atoms with E-state index in [9.17, 15) is 14.4 Å². The number of aryl methyl sites for hydroxylation is 1. The van der Waals surface area contributed by atoms with Crippen molar-refractivity contribution in [3.05, 3.63) is 18.2 Å². The van der Waals surface area contributed by atoms with Crippen LogP contribution in [0.5, 0.6) is 0 Å². The van der Waals surface area contributed by atoms with Gasteiger partial charge in [-0.1, -0.05) is 12.8 Å². The topological polar surface area (TPSA) is 87.5 Å². The number of hydrogen-bond acceptors (Lipinski definition) is 5. The van der Waals surface area contributed by atoms with E-state index in [-0.39, 0.29) is 48.6 Å². The monoisotopic (exact) mass is 373 g/mol. The molecule has 3 atom stereocenters. The quantitative estimate of drug-likeness (QED) is 0.775. The van der Waals surface area contributed by atoms with Gasteiger partial charge < -0.3 is 14.8 Å². The highest BCUT2D eigenvalue weighted by Gasteiger charge is 2.48. The maximum atomic E-state index is 12.9. The fourth-order valence-electron chi connectivity index (χ4n) is 4.73. The van der Waals surface area contributed by atoms with Crippen LogP contribution in [0.4, 0.5) is 0 Å². The Morgan fingerprint density at radius 1 is 1.22 bits per heavy atom. The normalized spacial score (nSPS) is 28.6. The summed E-state index contributed by atoms with van der Waals surface area (Å²) < 4.78 is 1.93. The van der Waals surface area contributed by atoms with Gasteiger partial charge in [0.15, 0.2) is 0 Å². The molecule has 2 saturated heterocycles. The molecule has 0 spiro atoms. The smallest absolute Gasteiger partial charge is 0.233 e. The lowest BCUT2D eigenvalue weighted by molar-refractivity contribution is -0.141. The fourth-order valence-corrected chi connectivity index (χ4v) is 4.73. The van der Waals surface area contributed by atoms with Gasteiger partial charge in [0.05, 0.1) is 11.8 Å². The largest absolute Gasteiger partial charge is 0.336 e. The zero-order chi connectivity index (χ0) is 19.0. The molecule has 3 aliphatic rings. The van der Waals surface area contributed by atoms with Crippen LogP contribution in [0.1, 0.15) is 44.0 Å². The number of imide groups is 1. The summed E-state index contributed by atoms with van der Waals surface area (Å²) in [5, 5.41) is 3.31. The summed E-state index contributed by atoms with van der Waals surface area (Å²) >= 11 is 0. The summed E-state index contributed by atoms with van der Waals surface area (Å²) in [5.74, 6) is 0.369. The molecular formula is C19H27N5O3. The molecule has 3 amide bonds. The zero-order valence-corrected chi connectivity index (χ0v) is 15.8. The first-order chi connectivity index (χ1) is 13.1. The third-order valence-electron chi connectivity index (χ3n) is 6.20. The van der Waals surface area contributed by atoms with Gasteiger partial charge in [-0.2, -0.15) is 0 Å². The van der Waals surface area contributed by atoms with E-state index in [2.05, 4.69) is 10.3 Å². The molecule has 0 bridgehead atoms. The molecule has 2 aliphatic heterocycles. The number of nitrogens with one attached hydrogen (secondary N) is 1. The lowest BCUT2D eigenvalue weighted by atomic mass is 9.81. The van der Waals surface area contributed by atoms with Gasteiger partial charge in [0.25, 0.3) is 0 Å². The molecule has 3 fully saturated rings. The minimum absolute atomic E-state index is 0.0278. The summed E-state index contributed by atoms with van der Waals surface area (Å²) in [6.45, 7) is 2.19. The number of rotatable bonds is 4. The minimum Gasteiger partial charge on any atom is -0.336 e. The van der Waals surface area contributed by atoms with Crippen molar-refractivity contribution >= 4 is 17.7 Å². The van der Waals surface area contributed by atoms with Crippen molar-refractivity contribution in [2.75, 3.05) is 26.2 Å². The Hall–Kier alpha value is -2.22. The predicted octanol–water partition coefficient (Wildman–Crippen LogP) is 0.458. The maximum Gasteiger partial charge on any atom is 0.233 e. The van der Waals surface area contributed by atoms with Crippen molar-refractivity contribution in [1.29, 1.82) is 0 Å². The van der Waals surface area contributed by atoms with E-state index < -0.39 is 0 Å². The first-order valence-corrected chi connectivity index (χ1v) is 9.90. The van der Waals surface area contributed by atoms with Gasteiger partial charge in [-0.15, -0.1) is 0 Å². The second-order valence-corrected chi connectivity index (χ2v) is 7.78. The molecule has 3 unspecified atom stereocenters. The predicted molar refractivity (Wildman–Crippen MR) is 97.3 cm³/mol. The number of amides is 3. The van der Waals surface area contributed by atoms with E-state index in [1.165, 1.54) is 4.90 Å². The maximum absolute atomic E-state index is 12.9. The molecule has 0 radical (unpaired) electrons. The Morgan fingerprint density at radius 3 is 2.56 bits per heavy atom. The Bertz CT molecular complexity index is 721. The van der Waals surface area contributed by atoms with Crippen molar-refractivity contribution in [2.24, 2.45) is 18.9 Å². The Labute approximate surface area is 158 Å². The summed E-state index contributed by atoms with van der Waals surface area (Å²) in [4.78, 5) is 45.7. The molecule has 146 valence electrons. The van der Waals surface area contributed by atoms with Gasteiger partial charge in [0.1, 0.15) is 11.9 Å². The van der Waals surface area contributed by atoms with Crippen LogP contribution in [-0.4, -0.2) is 63.3 Å². The van der Waals surface area contributed by atoms with Crippen molar-refractivity contribution in [2.45, 2.75) is 38.1 Å². The van der Waals surface area contributed by atoms with Gasteiger partial charge in [0.2, 0.25) is 17.7 Å². The highest BCUT2D eigenvalue weighted by molar-refractivity contribution is 6.05. The molecule has 0 aromatic carbocycles. The second-order valence-electron chi connectivity index (χ2n) is 7.78. The highest BCUT2D eigenvalue weighted by atomic mass is 16.2. The molecule has 1 saturated carbocycles. The molecule has 8 nitrogen and oxygen atoms in total. The molecule has 3 heterocycles. The van der Waals surface area contributed by atoms with Crippen LogP contribution in [0.25, 0.3) is 0 Å². The third kappa shape index (κ3) is 3.26. The summed E-state index contributed by atoms with van der Waals surface area (Å²) in [5.41, 5.74) is 0. The van der Waals surface area contributed by atoms with E-state index in [1.54, 1.807) is 6.20 Å². The Morgan fingerprint density at radius 2 is 1.93 bits per heavy atom. The summed E-state index contributed by atoms with van der Waals surface area (Å²) in [7, 11) is 1.92. The van der Waals surface area contributed by atoms with Gasteiger partial charge >= 0.3 is 0 Å². The second kappa shape index (κ2) is 7.42. The van der Waals surface area contributed by atoms with Crippen molar-refractivity contribution < 1.29 is 14.4 Å². The van der Waals surface area contributed by atoms with Crippen LogP contribution in [0.3, 0.4) is 0 Å². The zero-order valence-electron chi connectivity index (χ0n) is 15.8. The Balaban J connectivity index is 1.42. The number of aromatic nitrogens is 2. The molecule has 1 aromatic heterocycles. The number of carbonyl (C=O) groups excluding carboxylic acids is 3. The van der Waals surface area contributed by atoms with Gasteiger partial charge in [0, 0.05) is 52.0 Å². The molecule has 8 heteroatoms. The average Bonchev–Trinajstić information content (AvgIpc) is 3.22. The summed E-state index contributed by atoms with van der Waals surface area (Å²) in [6, 6.07) is -0.126. The Kier molecular flexibility index (Phi) is 4.99. The van der Waals surface area contributed by atoms with Gasteiger partial charge in [-0.25, -0.2) is 4.98 Å². The SMILES string of the molecule is Cn1ccnc1C1CNCCN1C(=O)CCN1C(=O)C2CCCCC2C1=O. The molecule has 1 aliphatic carbocycles. The third-order valence-corrected chi connectivity index (χ3v) is 6.20. The van der Waals surface area contributed by atoms with Crippen LogP contribution in [-0.2, 0) is 21.4 Å². The van der Waals surface area contributed by atoms with Crippen LogP contribution in [0.2, 0.25) is 0 Å². The van der Waals surface area contributed by atoms with Crippen LogP contribution < -0.4 is 5.32 Å². The number of fused-ring (bicyclic) bond motifs is 1. The number of likely N-dealkylation sites (tertiary alicyclic amines) is 1. The van der Waals surface area contributed by atoms with Crippen molar-refractivity contribution in [1.82, 2.24) is 24.7 Å². The van der Waals surface area contributed by atoms with Crippen LogP contribution >= 0.6 is 0 Å². The van der Waals surface area contributed by atoms with Crippen LogP contribution in [0.15, 0.2) is 12.4 Å². The summed E-state index contributed by atoms with van der Waals surface area (Å²) in [6.07, 6.45) is 7.42. The van der Waals surface area contributed by atoms with Gasteiger partial charge in [-0.3, -0.25) is 19.3 Å². The van der Waals surface area contributed by atoms with E-state index in [0.29, 0.717) is 13.1 Å². The standard InChI is InChI=1S/C19H27N5O3/c1-22-10-8-21-17(22)15-12-20-7-11-23(15)16(25)6-9-24-18(26)13-4-2-3-5-14(13)19(24)27/h8,10,13-15,20H,2-7,9,11-12H2,1H3. The van der Waals surface area contributed by atoms with Crippen molar-refractivity contribution in [3.8, 4) is 0 Å². The number of carbonyl (C=O) groups is 3. The van der Waals surface area contributed by atoms with Crippen molar-refractivity contribution in [3.63, 3.8) is 0 Å². The molecular weight excluding hydrogens is 346 g/mol. The van der Waals surface area contributed by atoms with Gasteiger partial charge in [-0.05, 0) is 12.8 Å². The van der Waals surface area contributed by atoms with Crippen LogP contribution in [0, 0.1) is 11.8 Å². The van der Waals surface area contributed by atoms with E-state index in [0.717, 1.165) is 38.1 Å². The lowest BCUT2D eigenvalue weighted by Gasteiger charge is -2.36. The first kappa shape index (κ1) is 18.2. The number of imidazole rings is 1. The molecule has 1 aromatic rings. The first-order valence-electron chi connectivity index (χ1n) is 9.90. The number of hydrogen-bond donors (Lipinski definition) is 1. The molecule has 27 heavy (non-hydrogen) atoms. The number of piperazine rings is 1. The number of nitrogens with zero attached hydrogens (tertiary/aromatic N) is 4. The highest BCUT2D eigenvalue weighted by Crippen LogP contribution is 2.38. The molecule has 1 N–H and O–H groups in total. The molecule has 4 rings (SSSR count).